The first-order chi connectivity index (χ1) is 17.3. The summed E-state index contributed by atoms with van der Waals surface area (Å²) in [5.74, 6) is -0.948. The van der Waals surface area contributed by atoms with Crippen LogP contribution in [0.4, 0.5) is 16.2 Å². The van der Waals surface area contributed by atoms with Crippen molar-refractivity contribution in [1.29, 1.82) is 0 Å². The number of hydrogen-bond donors (Lipinski definition) is 4. The van der Waals surface area contributed by atoms with E-state index in [0.717, 1.165) is 0 Å². The molecule has 5 N–H and O–H groups in total. The van der Waals surface area contributed by atoms with E-state index in [4.69, 9.17) is 10.5 Å². The SMILES string of the molecule is Nc1ccccc1NC(=O)/C=C/CCC[C@H](OC(=O)NC(=O)c1ccccc1)c1cc(Br)ccc1O. The number of phenols is 1. The number of hydrogen-bond acceptors (Lipinski definition) is 6. The van der Waals surface area contributed by atoms with Crippen LogP contribution in [0.1, 0.15) is 41.3 Å². The van der Waals surface area contributed by atoms with Crippen molar-refractivity contribution in [1.82, 2.24) is 5.32 Å². The quantitative estimate of drug-likeness (QED) is 0.153. The van der Waals surface area contributed by atoms with Crippen LogP contribution >= 0.6 is 15.9 Å². The van der Waals surface area contributed by atoms with E-state index < -0.39 is 18.1 Å². The highest BCUT2D eigenvalue weighted by Crippen LogP contribution is 2.33. The molecular weight excluding hydrogens is 526 g/mol. The van der Waals surface area contributed by atoms with Crippen LogP contribution in [0.3, 0.4) is 0 Å². The van der Waals surface area contributed by atoms with E-state index in [-0.39, 0.29) is 11.7 Å². The minimum atomic E-state index is -0.927. The summed E-state index contributed by atoms with van der Waals surface area (Å²) in [6.45, 7) is 0. The molecular formula is C27H26BrN3O5. The maximum Gasteiger partial charge on any atom is 0.414 e. The first-order valence-corrected chi connectivity index (χ1v) is 12.0. The predicted octanol–water partition coefficient (Wildman–Crippen LogP) is 5.71. The maximum absolute atomic E-state index is 12.5. The Balaban J connectivity index is 1.59. The number of ether oxygens (including phenoxy) is 1. The number of aromatic hydroxyl groups is 1. The summed E-state index contributed by atoms with van der Waals surface area (Å²) >= 11 is 3.36. The third kappa shape index (κ3) is 7.99. The molecule has 0 fully saturated rings. The fourth-order valence-electron chi connectivity index (χ4n) is 3.37. The summed E-state index contributed by atoms with van der Waals surface area (Å²) in [6, 6.07) is 20.0. The van der Waals surface area contributed by atoms with E-state index in [1.165, 1.54) is 12.1 Å². The second kappa shape index (κ2) is 13.1. The lowest BCUT2D eigenvalue weighted by molar-refractivity contribution is -0.111. The minimum absolute atomic E-state index is 0.0410. The van der Waals surface area contributed by atoms with Gasteiger partial charge in [0.05, 0.1) is 11.4 Å². The zero-order chi connectivity index (χ0) is 25.9. The van der Waals surface area contributed by atoms with Gasteiger partial charge in [-0.2, -0.15) is 0 Å². The molecule has 3 aromatic rings. The number of halogens is 1. The number of benzene rings is 3. The fraction of sp³-hybridized carbons (Fsp3) is 0.148. The molecule has 0 aliphatic heterocycles. The smallest absolute Gasteiger partial charge is 0.414 e. The summed E-state index contributed by atoms with van der Waals surface area (Å²) in [5.41, 5.74) is 7.54. The average Bonchev–Trinajstić information content (AvgIpc) is 2.86. The van der Waals surface area contributed by atoms with Crippen molar-refractivity contribution < 1.29 is 24.2 Å². The van der Waals surface area contributed by atoms with Gasteiger partial charge in [0, 0.05) is 15.6 Å². The molecule has 3 amide bonds. The van der Waals surface area contributed by atoms with E-state index in [1.807, 2.05) is 0 Å². The molecule has 0 bridgehead atoms. The van der Waals surface area contributed by atoms with Crippen LogP contribution in [0.15, 0.2) is 89.4 Å². The van der Waals surface area contributed by atoms with Gasteiger partial charge >= 0.3 is 6.09 Å². The Morgan fingerprint density at radius 1 is 1.03 bits per heavy atom. The van der Waals surface area contributed by atoms with Crippen LogP contribution in [0.2, 0.25) is 0 Å². The largest absolute Gasteiger partial charge is 0.508 e. The molecule has 0 aliphatic rings. The van der Waals surface area contributed by atoms with Gasteiger partial charge in [-0.05, 0) is 67.8 Å². The highest BCUT2D eigenvalue weighted by molar-refractivity contribution is 9.10. The van der Waals surface area contributed by atoms with Gasteiger partial charge < -0.3 is 20.9 Å². The molecule has 9 heteroatoms. The Kier molecular flexibility index (Phi) is 9.64. The molecule has 0 unspecified atom stereocenters. The highest BCUT2D eigenvalue weighted by Gasteiger charge is 2.22. The van der Waals surface area contributed by atoms with Crippen molar-refractivity contribution in [2.45, 2.75) is 25.4 Å². The number of carbonyl (C=O) groups excluding carboxylic acids is 3. The van der Waals surface area contributed by atoms with Gasteiger partial charge in [0.1, 0.15) is 11.9 Å². The summed E-state index contributed by atoms with van der Waals surface area (Å²) in [5, 5.41) is 15.3. The number of para-hydroxylation sites is 2. The molecule has 0 spiro atoms. The number of allylic oxidation sites excluding steroid dienone is 1. The van der Waals surface area contributed by atoms with Crippen molar-refractivity contribution in [3.63, 3.8) is 0 Å². The predicted molar refractivity (Wildman–Crippen MR) is 141 cm³/mol. The molecule has 3 aromatic carbocycles. The molecule has 0 saturated heterocycles. The van der Waals surface area contributed by atoms with Crippen molar-refractivity contribution in [3.05, 3.63) is 101 Å². The van der Waals surface area contributed by atoms with Crippen LogP contribution < -0.4 is 16.4 Å². The third-order valence-corrected chi connectivity index (χ3v) is 5.66. The maximum atomic E-state index is 12.5. The number of amides is 3. The van der Waals surface area contributed by atoms with Crippen LogP contribution in [0.5, 0.6) is 5.75 Å². The fourth-order valence-corrected chi connectivity index (χ4v) is 3.75. The second-order valence-corrected chi connectivity index (χ2v) is 8.74. The van der Waals surface area contributed by atoms with Crippen LogP contribution in [-0.2, 0) is 9.53 Å². The molecule has 0 heterocycles. The number of rotatable bonds is 9. The zero-order valence-corrected chi connectivity index (χ0v) is 20.9. The number of nitrogens with one attached hydrogen (secondary N) is 2. The summed E-state index contributed by atoms with van der Waals surface area (Å²) in [6.07, 6.45) is 2.75. The molecule has 0 saturated carbocycles. The Morgan fingerprint density at radius 3 is 2.50 bits per heavy atom. The Bertz CT molecular complexity index is 1250. The van der Waals surface area contributed by atoms with Crippen molar-refractivity contribution in [2.24, 2.45) is 0 Å². The van der Waals surface area contributed by atoms with E-state index in [1.54, 1.807) is 72.8 Å². The van der Waals surface area contributed by atoms with Crippen molar-refractivity contribution in [2.75, 3.05) is 11.1 Å². The first kappa shape index (κ1) is 26.5. The topological polar surface area (TPSA) is 131 Å². The lowest BCUT2D eigenvalue weighted by Gasteiger charge is -2.19. The van der Waals surface area contributed by atoms with E-state index in [9.17, 15) is 19.5 Å². The van der Waals surface area contributed by atoms with E-state index in [0.29, 0.717) is 46.2 Å². The minimum Gasteiger partial charge on any atom is -0.508 e. The number of imide groups is 1. The number of carbonyl (C=O) groups is 3. The second-order valence-electron chi connectivity index (χ2n) is 7.83. The highest BCUT2D eigenvalue weighted by atomic mass is 79.9. The van der Waals surface area contributed by atoms with Gasteiger partial charge in [-0.1, -0.05) is 52.3 Å². The third-order valence-electron chi connectivity index (χ3n) is 5.16. The summed E-state index contributed by atoms with van der Waals surface area (Å²) in [4.78, 5) is 36.9. The molecule has 8 nitrogen and oxygen atoms in total. The molecule has 1 atom stereocenters. The Morgan fingerprint density at radius 2 is 1.75 bits per heavy atom. The van der Waals surface area contributed by atoms with Gasteiger partial charge in [0.2, 0.25) is 5.91 Å². The van der Waals surface area contributed by atoms with Crippen molar-refractivity contribution in [3.8, 4) is 5.75 Å². The van der Waals surface area contributed by atoms with Crippen molar-refractivity contribution >= 4 is 45.2 Å². The monoisotopic (exact) mass is 551 g/mol. The van der Waals surface area contributed by atoms with Gasteiger partial charge in [-0.3, -0.25) is 14.9 Å². The summed E-state index contributed by atoms with van der Waals surface area (Å²) < 4.78 is 6.21. The lowest BCUT2D eigenvalue weighted by atomic mass is 10.0. The number of unbranched alkanes of at least 4 members (excludes halogenated alkanes) is 1. The zero-order valence-electron chi connectivity index (χ0n) is 19.3. The Hall–Kier alpha value is -4.11. The number of nitrogens with two attached hydrogens (primary N) is 1. The molecule has 186 valence electrons. The van der Waals surface area contributed by atoms with Crippen LogP contribution in [0, 0.1) is 0 Å². The lowest BCUT2D eigenvalue weighted by Crippen LogP contribution is -2.32. The standard InChI is InChI=1S/C27H26BrN3O5/c28-19-15-16-23(32)20(17-19)24(36-27(35)31-26(34)18-9-3-1-4-10-18)13-5-2-6-14-25(33)30-22-12-8-7-11-21(22)29/h1,3-4,6-12,14-17,24,32H,2,5,13,29H2,(H,30,33)(H,31,34,35)/b14-6+/t24-/m0/s1. The van der Waals surface area contributed by atoms with Gasteiger partial charge in [0.15, 0.2) is 0 Å². The molecule has 36 heavy (non-hydrogen) atoms. The van der Waals surface area contributed by atoms with Gasteiger partial charge in [-0.25, -0.2) is 4.79 Å². The van der Waals surface area contributed by atoms with E-state index in [2.05, 4.69) is 26.6 Å². The average molecular weight is 552 g/mol. The van der Waals surface area contributed by atoms with Gasteiger partial charge in [0.25, 0.3) is 5.91 Å². The number of anilines is 2. The molecule has 0 radical (unpaired) electrons. The number of alkyl carbamates (subject to hydrolysis) is 1. The Labute approximate surface area is 217 Å². The normalized spacial score (nSPS) is 11.6. The molecule has 0 aliphatic carbocycles. The van der Waals surface area contributed by atoms with E-state index >= 15 is 0 Å². The molecule has 3 rings (SSSR count). The number of nitrogen functional groups attached to an aromatic ring is 1. The summed E-state index contributed by atoms with van der Waals surface area (Å²) in [7, 11) is 0. The first-order valence-electron chi connectivity index (χ1n) is 11.2. The van der Waals surface area contributed by atoms with Crippen LogP contribution in [0.25, 0.3) is 0 Å². The van der Waals surface area contributed by atoms with Crippen LogP contribution in [-0.4, -0.2) is 23.0 Å². The molecule has 0 aromatic heterocycles. The number of phenolic OH excluding ortho intramolecular Hbond substituents is 1. The van der Waals surface area contributed by atoms with Gasteiger partial charge in [-0.15, -0.1) is 0 Å².